The molecule has 1 aliphatic rings. The minimum atomic E-state index is -0.425. The minimum absolute atomic E-state index is 0.0886. The summed E-state index contributed by atoms with van der Waals surface area (Å²) in [5.41, 5.74) is 3.30. The molecule has 6 heteroatoms. The van der Waals surface area contributed by atoms with E-state index in [1.165, 1.54) is 12.8 Å². The van der Waals surface area contributed by atoms with Crippen LogP contribution >= 0.6 is 0 Å². The Morgan fingerprint density at radius 3 is 2.56 bits per heavy atom. The van der Waals surface area contributed by atoms with Crippen molar-refractivity contribution in [2.24, 2.45) is 0 Å². The van der Waals surface area contributed by atoms with Gasteiger partial charge in [-0.25, -0.2) is 4.79 Å². The van der Waals surface area contributed by atoms with E-state index in [9.17, 15) is 9.59 Å². The number of amides is 1. The first kappa shape index (κ1) is 18.9. The first-order chi connectivity index (χ1) is 13.2. The fourth-order valence-electron chi connectivity index (χ4n) is 3.02. The molecule has 142 valence electrons. The van der Waals surface area contributed by atoms with Crippen molar-refractivity contribution in [1.82, 2.24) is 0 Å². The molecule has 0 saturated carbocycles. The molecule has 0 unspecified atom stereocenters. The fourth-order valence-corrected chi connectivity index (χ4v) is 3.02. The van der Waals surface area contributed by atoms with Gasteiger partial charge in [-0.3, -0.25) is 4.79 Å². The van der Waals surface area contributed by atoms with Crippen molar-refractivity contribution >= 4 is 23.3 Å². The van der Waals surface area contributed by atoms with Gasteiger partial charge in [0.05, 0.1) is 25.9 Å². The molecule has 0 bridgehead atoms. The van der Waals surface area contributed by atoms with Gasteiger partial charge in [-0.15, -0.1) is 0 Å². The zero-order chi connectivity index (χ0) is 19.1. The number of carbonyl (C=O) groups excluding carboxylic acids is 2. The predicted octanol–water partition coefficient (Wildman–Crippen LogP) is 2.88. The molecule has 0 radical (unpaired) electrons. The van der Waals surface area contributed by atoms with Crippen molar-refractivity contribution in [3.05, 3.63) is 59.7 Å². The normalized spacial score (nSPS) is 13.9. The summed E-state index contributed by atoms with van der Waals surface area (Å²) in [6, 6.07) is 15.1. The molecule has 0 aliphatic carbocycles. The van der Waals surface area contributed by atoms with Crippen molar-refractivity contribution in [1.29, 1.82) is 0 Å². The molecule has 0 spiro atoms. The molecule has 1 N–H and O–H groups in total. The Bertz CT molecular complexity index is 783. The largest absolute Gasteiger partial charge is 0.465 e. The number of esters is 1. The van der Waals surface area contributed by atoms with Crippen molar-refractivity contribution in [3.63, 3.8) is 0 Å². The average Bonchev–Trinajstić information content (AvgIpc) is 2.73. The Morgan fingerprint density at radius 1 is 1.11 bits per heavy atom. The van der Waals surface area contributed by atoms with Gasteiger partial charge in [0.15, 0.2) is 0 Å². The van der Waals surface area contributed by atoms with Crippen molar-refractivity contribution in [2.45, 2.75) is 12.8 Å². The zero-order valence-corrected chi connectivity index (χ0v) is 15.4. The van der Waals surface area contributed by atoms with Crippen LogP contribution in [0, 0.1) is 0 Å². The van der Waals surface area contributed by atoms with E-state index < -0.39 is 5.97 Å². The third-order valence-corrected chi connectivity index (χ3v) is 4.52. The third-order valence-electron chi connectivity index (χ3n) is 4.52. The second kappa shape index (κ2) is 9.19. The van der Waals surface area contributed by atoms with Gasteiger partial charge >= 0.3 is 5.97 Å². The predicted molar refractivity (Wildman–Crippen MR) is 104 cm³/mol. The summed E-state index contributed by atoms with van der Waals surface area (Å²) in [5, 5.41) is 2.83. The Hall–Kier alpha value is -2.86. The fraction of sp³-hybridized carbons (Fsp3) is 0.333. The number of morpholine rings is 1. The first-order valence-corrected chi connectivity index (χ1v) is 9.05. The average molecular weight is 368 g/mol. The Balaban J connectivity index is 1.51. The SMILES string of the molecule is COC(=O)c1cccc(NC(=O)CCc2ccc(N3CCOCC3)cc2)c1. The summed E-state index contributed by atoms with van der Waals surface area (Å²) in [7, 11) is 1.33. The van der Waals surface area contributed by atoms with Gasteiger partial charge in [0.1, 0.15) is 0 Å². The summed E-state index contributed by atoms with van der Waals surface area (Å²) >= 11 is 0. The molecule has 0 aromatic heterocycles. The monoisotopic (exact) mass is 368 g/mol. The van der Waals surface area contributed by atoms with E-state index >= 15 is 0 Å². The number of anilines is 2. The van der Waals surface area contributed by atoms with Crippen LogP contribution in [-0.2, 0) is 20.7 Å². The number of hydrogen-bond donors (Lipinski definition) is 1. The summed E-state index contributed by atoms with van der Waals surface area (Å²) in [4.78, 5) is 26.1. The summed E-state index contributed by atoms with van der Waals surface area (Å²) in [6.45, 7) is 3.34. The van der Waals surface area contributed by atoms with Gasteiger partial charge in [-0.2, -0.15) is 0 Å². The van der Waals surface area contributed by atoms with Crippen molar-refractivity contribution < 1.29 is 19.1 Å². The summed E-state index contributed by atoms with van der Waals surface area (Å²) < 4.78 is 10.1. The van der Waals surface area contributed by atoms with E-state index in [0.717, 1.165) is 31.9 Å². The second-order valence-corrected chi connectivity index (χ2v) is 6.39. The highest BCUT2D eigenvalue weighted by molar-refractivity contribution is 5.94. The lowest BCUT2D eigenvalue weighted by Crippen LogP contribution is -2.36. The molecule has 0 atom stereocenters. The minimum Gasteiger partial charge on any atom is -0.465 e. The Morgan fingerprint density at radius 2 is 1.85 bits per heavy atom. The molecule has 3 rings (SSSR count). The number of nitrogens with one attached hydrogen (secondary N) is 1. The van der Waals surface area contributed by atoms with E-state index in [1.807, 2.05) is 0 Å². The second-order valence-electron chi connectivity index (χ2n) is 6.39. The smallest absolute Gasteiger partial charge is 0.337 e. The molecule has 1 aliphatic heterocycles. The van der Waals surface area contributed by atoms with Crippen LogP contribution in [0.25, 0.3) is 0 Å². The highest BCUT2D eigenvalue weighted by Gasteiger charge is 2.11. The molecular formula is C21H24N2O4. The highest BCUT2D eigenvalue weighted by atomic mass is 16.5. The van der Waals surface area contributed by atoms with Gasteiger partial charge in [-0.05, 0) is 42.3 Å². The van der Waals surface area contributed by atoms with E-state index in [-0.39, 0.29) is 5.91 Å². The van der Waals surface area contributed by atoms with Gasteiger partial charge in [0.25, 0.3) is 0 Å². The van der Waals surface area contributed by atoms with E-state index in [1.54, 1.807) is 24.3 Å². The van der Waals surface area contributed by atoms with Gasteiger partial charge in [0, 0.05) is 30.9 Å². The molecule has 1 heterocycles. The Labute approximate surface area is 159 Å². The third kappa shape index (κ3) is 5.31. The molecule has 1 saturated heterocycles. The van der Waals surface area contributed by atoms with Crippen molar-refractivity contribution in [3.8, 4) is 0 Å². The summed E-state index contributed by atoms with van der Waals surface area (Å²) in [6.07, 6.45) is 1.03. The highest BCUT2D eigenvalue weighted by Crippen LogP contribution is 2.18. The number of ether oxygens (including phenoxy) is 2. The van der Waals surface area contributed by atoms with Crippen LogP contribution in [0.4, 0.5) is 11.4 Å². The maximum atomic E-state index is 12.2. The molecule has 2 aromatic carbocycles. The van der Waals surface area contributed by atoms with E-state index in [4.69, 9.17) is 9.47 Å². The number of carbonyl (C=O) groups is 2. The van der Waals surface area contributed by atoms with E-state index in [0.29, 0.717) is 24.1 Å². The lowest BCUT2D eigenvalue weighted by atomic mass is 10.1. The van der Waals surface area contributed by atoms with Crippen LogP contribution in [0.3, 0.4) is 0 Å². The lowest BCUT2D eigenvalue weighted by Gasteiger charge is -2.28. The Kier molecular flexibility index (Phi) is 6.44. The van der Waals surface area contributed by atoms with Crippen molar-refractivity contribution in [2.75, 3.05) is 43.6 Å². The van der Waals surface area contributed by atoms with Crippen LogP contribution in [0.5, 0.6) is 0 Å². The number of methoxy groups -OCH3 is 1. The van der Waals surface area contributed by atoms with Crippen LogP contribution in [0.1, 0.15) is 22.3 Å². The van der Waals surface area contributed by atoms with Crippen LogP contribution in [0.2, 0.25) is 0 Å². The van der Waals surface area contributed by atoms with Crippen LogP contribution < -0.4 is 10.2 Å². The zero-order valence-electron chi connectivity index (χ0n) is 15.4. The molecule has 1 fully saturated rings. The maximum Gasteiger partial charge on any atom is 0.337 e. The van der Waals surface area contributed by atoms with Gasteiger partial charge in [-0.1, -0.05) is 18.2 Å². The maximum absolute atomic E-state index is 12.2. The molecule has 2 aromatic rings. The number of aryl methyl sites for hydroxylation is 1. The van der Waals surface area contributed by atoms with Crippen LogP contribution in [0.15, 0.2) is 48.5 Å². The summed E-state index contributed by atoms with van der Waals surface area (Å²) in [5.74, 6) is -0.513. The topological polar surface area (TPSA) is 67.9 Å². The number of rotatable bonds is 6. The first-order valence-electron chi connectivity index (χ1n) is 9.05. The molecule has 6 nitrogen and oxygen atoms in total. The van der Waals surface area contributed by atoms with E-state index in [2.05, 4.69) is 34.5 Å². The number of hydrogen-bond acceptors (Lipinski definition) is 5. The number of benzene rings is 2. The van der Waals surface area contributed by atoms with Gasteiger partial charge < -0.3 is 19.7 Å². The molecule has 1 amide bonds. The standard InChI is InChI=1S/C21H24N2O4/c1-26-21(25)17-3-2-4-18(15-17)22-20(24)10-7-16-5-8-19(9-6-16)23-11-13-27-14-12-23/h2-6,8-9,15H,7,10-14H2,1H3,(H,22,24). The quantitative estimate of drug-likeness (QED) is 0.794. The molecular weight excluding hydrogens is 344 g/mol. The van der Waals surface area contributed by atoms with Gasteiger partial charge in [0.2, 0.25) is 5.91 Å². The number of nitrogens with zero attached hydrogens (tertiary/aromatic N) is 1. The lowest BCUT2D eigenvalue weighted by molar-refractivity contribution is -0.116. The van der Waals surface area contributed by atoms with Crippen LogP contribution in [-0.4, -0.2) is 45.3 Å². The molecule has 27 heavy (non-hydrogen) atoms.